The molecule has 0 amide bonds. The molecule has 16 heavy (non-hydrogen) atoms. The summed E-state index contributed by atoms with van der Waals surface area (Å²) in [6.07, 6.45) is 0. The average Bonchev–Trinajstić information content (AvgIpc) is 2.17. The molecule has 0 bridgehead atoms. The van der Waals surface area contributed by atoms with Gasteiger partial charge in [-0.15, -0.1) is 0 Å². The number of hydrogen-bond acceptors (Lipinski definition) is 3. The van der Waals surface area contributed by atoms with Crippen LogP contribution in [0.2, 0.25) is 0 Å². The standard InChI is InChI=1S/C11H14O4S/c1-11(2,3)10(12)15-8-4-6-9(7-5-8)16(13)14/h4-7H,1-3H3,(H,13,14). The molecule has 1 aromatic rings. The fourth-order valence-electron chi connectivity index (χ4n) is 0.884. The maximum atomic E-state index is 11.5. The summed E-state index contributed by atoms with van der Waals surface area (Å²) in [6.45, 7) is 5.27. The minimum Gasteiger partial charge on any atom is -0.426 e. The molecule has 1 atom stereocenters. The summed E-state index contributed by atoms with van der Waals surface area (Å²) < 4.78 is 24.6. The lowest BCUT2D eigenvalue weighted by molar-refractivity contribution is -0.142. The Hall–Kier alpha value is -1.20. The number of esters is 1. The van der Waals surface area contributed by atoms with Gasteiger partial charge in [0.25, 0.3) is 0 Å². The second kappa shape index (κ2) is 4.76. The van der Waals surface area contributed by atoms with E-state index >= 15 is 0 Å². The van der Waals surface area contributed by atoms with Gasteiger partial charge in [-0.1, -0.05) is 0 Å². The molecule has 1 aromatic carbocycles. The van der Waals surface area contributed by atoms with Gasteiger partial charge in [-0.2, -0.15) is 0 Å². The lowest BCUT2D eigenvalue weighted by atomic mass is 9.97. The van der Waals surface area contributed by atoms with Crippen molar-refractivity contribution in [1.82, 2.24) is 0 Å². The molecular formula is C11H14O4S. The van der Waals surface area contributed by atoms with Crippen LogP contribution in [0.3, 0.4) is 0 Å². The second-order valence-electron chi connectivity index (χ2n) is 4.36. The first kappa shape index (κ1) is 12.9. The highest BCUT2D eigenvalue weighted by atomic mass is 32.2. The predicted octanol–water partition coefficient (Wildman–Crippen LogP) is 2.22. The fraction of sp³-hybridized carbons (Fsp3) is 0.364. The molecule has 0 aliphatic carbocycles. The van der Waals surface area contributed by atoms with Crippen LogP contribution in [-0.2, 0) is 15.9 Å². The van der Waals surface area contributed by atoms with E-state index in [4.69, 9.17) is 9.29 Å². The van der Waals surface area contributed by atoms with Crippen molar-refractivity contribution in [2.24, 2.45) is 5.41 Å². The van der Waals surface area contributed by atoms with Crippen molar-refractivity contribution >= 4 is 17.0 Å². The molecule has 0 radical (unpaired) electrons. The Morgan fingerprint density at radius 2 is 1.75 bits per heavy atom. The molecule has 0 fully saturated rings. The first-order chi connectivity index (χ1) is 7.30. The maximum Gasteiger partial charge on any atom is 0.316 e. The zero-order chi connectivity index (χ0) is 12.3. The van der Waals surface area contributed by atoms with Crippen LogP contribution in [0.15, 0.2) is 29.2 Å². The topological polar surface area (TPSA) is 63.6 Å². The van der Waals surface area contributed by atoms with E-state index in [1.54, 1.807) is 20.8 Å². The Balaban J connectivity index is 2.77. The second-order valence-corrected chi connectivity index (χ2v) is 5.33. The van der Waals surface area contributed by atoms with E-state index in [2.05, 4.69) is 0 Å². The molecule has 5 heteroatoms. The number of ether oxygens (including phenoxy) is 1. The molecule has 1 unspecified atom stereocenters. The summed E-state index contributed by atoms with van der Waals surface area (Å²) in [5, 5.41) is 0. The number of carbonyl (C=O) groups is 1. The van der Waals surface area contributed by atoms with E-state index in [0.717, 1.165) is 0 Å². The molecule has 88 valence electrons. The Morgan fingerprint density at radius 1 is 1.25 bits per heavy atom. The quantitative estimate of drug-likeness (QED) is 0.490. The van der Waals surface area contributed by atoms with Crippen LogP contribution in [0.25, 0.3) is 0 Å². The van der Waals surface area contributed by atoms with Gasteiger partial charge in [0, 0.05) is 0 Å². The van der Waals surface area contributed by atoms with Crippen molar-refractivity contribution in [3.8, 4) is 5.75 Å². The number of benzene rings is 1. The lowest BCUT2D eigenvalue weighted by Crippen LogP contribution is -2.25. The molecule has 1 N–H and O–H groups in total. The van der Waals surface area contributed by atoms with E-state index in [0.29, 0.717) is 5.75 Å². The van der Waals surface area contributed by atoms with E-state index < -0.39 is 16.5 Å². The van der Waals surface area contributed by atoms with E-state index in [1.165, 1.54) is 24.3 Å². The van der Waals surface area contributed by atoms with Crippen LogP contribution in [0.5, 0.6) is 5.75 Å². The van der Waals surface area contributed by atoms with Gasteiger partial charge < -0.3 is 9.29 Å². The van der Waals surface area contributed by atoms with Crippen LogP contribution in [-0.4, -0.2) is 14.7 Å². The smallest absolute Gasteiger partial charge is 0.316 e. The van der Waals surface area contributed by atoms with Crippen LogP contribution >= 0.6 is 0 Å². The van der Waals surface area contributed by atoms with Gasteiger partial charge in [0.15, 0.2) is 11.1 Å². The van der Waals surface area contributed by atoms with Gasteiger partial charge in [0.05, 0.1) is 10.3 Å². The molecule has 0 saturated carbocycles. The summed E-state index contributed by atoms with van der Waals surface area (Å²) in [7, 11) is 0. The van der Waals surface area contributed by atoms with Crippen molar-refractivity contribution in [2.45, 2.75) is 25.7 Å². The molecule has 4 nitrogen and oxygen atoms in total. The number of carbonyl (C=O) groups excluding carboxylic acids is 1. The van der Waals surface area contributed by atoms with Crippen LogP contribution in [0.1, 0.15) is 20.8 Å². The normalized spacial score (nSPS) is 13.2. The summed E-state index contributed by atoms with van der Waals surface area (Å²) in [4.78, 5) is 11.8. The Morgan fingerprint density at radius 3 is 2.12 bits per heavy atom. The third-order valence-electron chi connectivity index (χ3n) is 1.85. The van der Waals surface area contributed by atoms with Crippen molar-refractivity contribution in [3.63, 3.8) is 0 Å². The van der Waals surface area contributed by atoms with Crippen molar-refractivity contribution < 1.29 is 18.3 Å². The van der Waals surface area contributed by atoms with Gasteiger partial charge in [-0.3, -0.25) is 4.79 Å². The van der Waals surface area contributed by atoms with Gasteiger partial charge in [0.2, 0.25) is 0 Å². The van der Waals surface area contributed by atoms with Crippen LogP contribution in [0.4, 0.5) is 0 Å². The van der Waals surface area contributed by atoms with Gasteiger partial charge in [-0.25, -0.2) is 4.21 Å². The average molecular weight is 242 g/mol. The summed E-state index contributed by atoms with van der Waals surface area (Å²) in [5.41, 5.74) is -0.571. The van der Waals surface area contributed by atoms with Crippen LogP contribution < -0.4 is 4.74 Å². The Kier molecular flexibility index (Phi) is 3.83. The van der Waals surface area contributed by atoms with Gasteiger partial charge >= 0.3 is 5.97 Å². The minimum atomic E-state index is -2.01. The summed E-state index contributed by atoms with van der Waals surface area (Å²) in [5.74, 6) is 0.0273. The summed E-state index contributed by atoms with van der Waals surface area (Å²) in [6, 6.07) is 5.88. The number of rotatable bonds is 2. The third-order valence-corrected chi connectivity index (χ3v) is 2.52. The molecule has 0 aromatic heterocycles. The Labute approximate surface area is 96.9 Å². The zero-order valence-corrected chi connectivity index (χ0v) is 10.2. The van der Waals surface area contributed by atoms with Crippen molar-refractivity contribution in [3.05, 3.63) is 24.3 Å². The fourth-order valence-corrected chi connectivity index (χ4v) is 1.25. The van der Waals surface area contributed by atoms with Crippen LogP contribution in [0, 0.1) is 5.41 Å². The highest BCUT2D eigenvalue weighted by Gasteiger charge is 2.23. The highest BCUT2D eigenvalue weighted by molar-refractivity contribution is 7.79. The monoisotopic (exact) mass is 242 g/mol. The van der Waals surface area contributed by atoms with Crippen molar-refractivity contribution in [1.29, 1.82) is 0 Å². The van der Waals surface area contributed by atoms with Gasteiger partial charge in [-0.05, 0) is 45.0 Å². The van der Waals surface area contributed by atoms with E-state index in [1.807, 2.05) is 0 Å². The zero-order valence-electron chi connectivity index (χ0n) is 9.39. The molecule has 0 aliphatic heterocycles. The van der Waals surface area contributed by atoms with E-state index in [9.17, 15) is 9.00 Å². The van der Waals surface area contributed by atoms with E-state index in [-0.39, 0.29) is 10.9 Å². The SMILES string of the molecule is CC(C)(C)C(=O)Oc1ccc(S(=O)O)cc1. The molecular weight excluding hydrogens is 228 g/mol. The molecule has 0 spiro atoms. The number of hydrogen-bond donors (Lipinski definition) is 1. The summed E-state index contributed by atoms with van der Waals surface area (Å²) >= 11 is -2.01. The molecule has 1 rings (SSSR count). The largest absolute Gasteiger partial charge is 0.426 e. The molecule has 0 heterocycles. The van der Waals surface area contributed by atoms with Crippen molar-refractivity contribution in [2.75, 3.05) is 0 Å². The maximum absolute atomic E-state index is 11.5. The lowest BCUT2D eigenvalue weighted by Gasteiger charge is -2.16. The minimum absolute atomic E-state index is 0.274. The predicted molar refractivity (Wildman–Crippen MR) is 60.6 cm³/mol. The molecule has 0 saturated heterocycles. The third kappa shape index (κ3) is 3.43. The highest BCUT2D eigenvalue weighted by Crippen LogP contribution is 2.20. The Bertz CT molecular complexity index is 403. The molecule has 0 aliphatic rings. The van der Waals surface area contributed by atoms with Gasteiger partial charge in [0.1, 0.15) is 5.75 Å². The first-order valence-corrected chi connectivity index (χ1v) is 5.84. The first-order valence-electron chi connectivity index (χ1n) is 4.74.